The molecule has 1 aromatic rings. The molecule has 0 radical (unpaired) electrons. The molecule has 1 saturated carbocycles. The van der Waals surface area contributed by atoms with Crippen molar-refractivity contribution in [3.05, 3.63) is 23.9 Å². The van der Waals surface area contributed by atoms with Gasteiger partial charge in [0.1, 0.15) is 5.82 Å². The summed E-state index contributed by atoms with van der Waals surface area (Å²) in [6, 6.07) is 4.04. The van der Waals surface area contributed by atoms with Crippen LogP contribution in [-0.2, 0) is 0 Å². The van der Waals surface area contributed by atoms with Crippen LogP contribution in [0, 0.1) is 5.41 Å². The van der Waals surface area contributed by atoms with Gasteiger partial charge >= 0.3 is 0 Å². The first-order valence-electron chi connectivity index (χ1n) is 7.58. The van der Waals surface area contributed by atoms with Crippen LogP contribution in [0.4, 0.5) is 5.82 Å². The van der Waals surface area contributed by atoms with E-state index >= 15 is 0 Å². The molecule has 0 aromatic carbocycles. The lowest BCUT2D eigenvalue weighted by Crippen LogP contribution is -2.39. The number of nitrogens with zero attached hydrogens (tertiary/aromatic N) is 2. The molecule has 0 bridgehead atoms. The highest BCUT2D eigenvalue weighted by Crippen LogP contribution is 2.46. The first-order chi connectivity index (χ1) is 9.19. The number of anilines is 1. The number of pyridine rings is 1. The molecule has 2 aliphatic rings. The van der Waals surface area contributed by atoms with Crippen LogP contribution in [0.2, 0.25) is 0 Å². The summed E-state index contributed by atoms with van der Waals surface area (Å²) in [5.74, 6) is 1.07. The van der Waals surface area contributed by atoms with Gasteiger partial charge in [-0.25, -0.2) is 4.98 Å². The third-order valence-corrected chi connectivity index (χ3v) is 5.07. The molecule has 2 heterocycles. The summed E-state index contributed by atoms with van der Waals surface area (Å²) < 4.78 is 0. The first-order valence-corrected chi connectivity index (χ1v) is 7.58. The predicted molar refractivity (Wildman–Crippen MR) is 77.2 cm³/mol. The fraction of sp³-hybridized carbons (Fsp3) is 0.688. The van der Waals surface area contributed by atoms with Crippen molar-refractivity contribution in [1.29, 1.82) is 0 Å². The van der Waals surface area contributed by atoms with Gasteiger partial charge in [-0.15, -0.1) is 0 Å². The zero-order valence-electron chi connectivity index (χ0n) is 11.8. The normalized spacial score (nSPS) is 23.8. The van der Waals surface area contributed by atoms with Crippen molar-refractivity contribution < 1.29 is 5.11 Å². The van der Waals surface area contributed by atoms with Crippen LogP contribution in [0.3, 0.4) is 0 Å². The van der Waals surface area contributed by atoms with E-state index in [1.165, 1.54) is 38.5 Å². The Bertz CT molecular complexity index is 411. The predicted octanol–water partition coefficient (Wildman–Crippen LogP) is 3.30. The van der Waals surface area contributed by atoms with E-state index in [1.807, 2.05) is 6.07 Å². The summed E-state index contributed by atoms with van der Waals surface area (Å²) >= 11 is 0. The van der Waals surface area contributed by atoms with Gasteiger partial charge in [0.05, 0.1) is 6.10 Å². The number of aliphatic hydroxyl groups excluding tert-OH is 1. The summed E-state index contributed by atoms with van der Waals surface area (Å²) in [4.78, 5) is 6.90. The van der Waals surface area contributed by atoms with E-state index < -0.39 is 6.10 Å². The van der Waals surface area contributed by atoms with Crippen molar-refractivity contribution in [2.75, 3.05) is 18.0 Å². The second-order valence-corrected chi connectivity index (χ2v) is 6.32. The minimum absolute atomic E-state index is 0.426. The Morgan fingerprint density at radius 2 is 1.84 bits per heavy atom. The van der Waals surface area contributed by atoms with Crippen LogP contribution in [0.15, 0.2) is 18.3 Å². The van der Waals surface area contributed by atoms with Crippen LogP contribution >= 0.6 is 0 Å². The van der Waals surface area contributed by atoms with Crippen molar-refractivity contribution in [3.63, 3.8) is 0 Å². The Labute approximate surface area is 115 Å². The lowest BCUT2D eigenvalue weighted by atomic mass is 9.77. The Hall–Kier alpha value is -1.09. The average Bonchev–Trinajstić information content (AvgIpc) is 2.88. The van der Waals surface area contributed by atoms with Gasteiger partial charge in [-0.3, -0.25) is 0 Å². The van der Waals surface area contributed by atoms with Crippen LogP contribution in [0.25, 0.3) is 0 Å². The summed E-state index contributed by atoms with van der Waals surface area (Å²) in [6.07, 6.45) is 9.77. The molecular weight excluding hydrogens is 236 g/mol. The minimum atomic E-state index is -0.426. The molecule has 1 N–H and O–H groups in total. The third kappa shape index (κ3) is 2.62. The highest BCUT2D eigenvalue weighted by Gasteiger charge is 2.37. The molecule has 1 spiro atoms. The second-order valence-electron chi connectivity index (χ2n) is 6.32. The molecule has 1 aliphatic carbocycles. The molecule has 3 rings (SSSR count). The number of piperidine rings is 1. The Balaban J connectivity index is 1.64. The number of hydrogen-bond acceptors (Lipinski definition) is 3. The monoisotopic (exact) mass is 260 g/mol. The fourth-order valence-corrected chi connectivity index (χ4v) is 3.67. The van der Waals surface area contributed by atoms with E-state index in [2.05, 4.69) is 16.0 Å². The summed E-state index contributed by atoms with van der Waals surface area (Å²) in [6.45, 7) is 4.06. The van der Waals surface area contributed by atoms with E-state index in [-0.39, 0.29) is 0 Å². The number of aromatic nitrogens is 1. The maximum atomic E-state index is 9.51. The number of hydrogen-bond donors (Lipinski definition) is 1. The molecule has 3 heteroatoms. The second kappa shape index (κ2) is 5.12. The molecule has 1 aliphatic heterocycles. The molecule has 104 valence electrons. The molecule has 3 nitrogen and oxygen atoms in total. The molecule has 1 atom stereocenters. The maximum absolute atomic E-state index is 9.51. The zero-order chi connectivity index (χ0) is 13.3. The van der Waals surface area contributed by atoms with Gasteiger partial charge in [-0.2, -0.15) is 0 Å². The Morgan fingerprint density at radius 3 is 2.37 bits per heavy atom. The smallest absolute Gasteiger partial charge is 0.128 e. The van der Waals surface area contributed by atoms with Gasteiger partial charge in [-0.05, 0) is 49.7 Å². The van der Waals surface area contributed by atoms with Crippen molar-refractivity contribution in [2.45, 2.75) is 51.6 Å². The van der Waals surface area contributed by atoms with E-state index in [4.69, 9.17) is 0 Å². The van der Waals surface area contributed by atoms with Crippen molar-refractivity contribution in [1.82, 2.24) is 4.98 Å². The SMILES string of the molecule is C[C@@H](O)c1ccc(N2CCC3(CCCC3)CC2)nc1. The molecule has 2 fully saturated rings. The van der Waals surface area contributed by atoms with Gasteiger partial charge in [0.2, 0.25) is 0 Å². The van der Waals surface area contributed by atoms with E-state index in [0.29, 0.717) is 5.41 Å². The molecule has 19 heavy (non-hydrogen) atoms. The standard InChI is InChI=1S/C16H24N2O/c1-13(19)14-4-5-15(17-12-14)18-10-8-16(9-11-18)6-2-3-7-16/h4-5,12-13,19H,2-3,6-11H2,1H3/t13-/m1/s1. The summed E-state index contributed by atoms with van der Waals surface area (Å²) in [7, 11) is 0. The van der Waals surface area contributed by atoms with Crippen LogP contribution in [-0.4, -0.2) is 23.2 Å². The lowest BCUT2D eigenvalue weighted by Gasteiger charge is -2.40. The van der Waals surface area contributed by atoms with Crippen molar-refractivity contribution in [3.8, 4) is 0 Å². The molecule has 0 amide bonds. The van der Waals surface area contributed by atoms with Gasteiger partial charge in [0.25, 0.3) is 0 Å². The van der Waals surface area contributed by atoms with Crippen LogP contribution < -0.4 is 4.90 Å². The minimum Gasteiger partial charge on any atom is -0.389 e. The first kappa shape index (κ1) is 12.9. The Kier molecular flexibility index (Phi) is 3.48. The topological polar surface area (TPSA) is 36.4 Å². The van der Waals surface area contributed by atoms with Gasteiger partial charge in [0, 0.05) is 19.3 Å². The lowest BCUT2D eigenvalue weighted by molar-refractivity contribution is 0.199. The molecule has 0 unspecified atom stereocenters. The summed E-state index contributed by atoms with van der Waals surface area (Å²) in [5, 5.41) is 9.51. The highest BCUT2D eigenvalue weighted by atomic mass is 16.3. The van der Waals surface area contributed by atoms with Crippen molar-refractivity contribution in [2.24, 2.45) is 5.41 Å². The fourth-order valence-electron chi connectivity index (χ4n) is 3.67. The van der Waals surface area contributed by atoms with Gasteiger partial charge in [-0.1, -0.05) is 18.9 Å². The number of rotatable bonds is 2. The van der Waals surface area contributed by atoms with Gasteiger partial charge < -0.3 is 10.0 Å². The quantitative estimate of drug-likeness (QED) is 0.886. The van der Waals surface area contributed by atoms with E-state index in [0.717, 1.165) is 24.5 Å². The van der Waals surface area contributed by atoms with E-state index in [1.54, 1.807) is 13.1 Å². The molecule has 1 aromatic heterocycles. The zero-order valence-corrected chi connectivity index (χ0v) is 11.8. The highest BCUT2D eigenvalue weighted by molar-refractivity contribution is 5.40. The maximum Gasteiger partial charge on any atom is 0.128 e. The average molecular weight is 260 g/mol. The summed E-state index contributed by atoms with van der Waals surface area (Å²) in [5.41, 5.74) is 1.56. The molecule has 1 saturated heterocycles. The largest absolute Gasteiger partial charge is 0.389 e. The van der Waals surface area contributed by atoms with Crippen molar-refractivity contribution >= 4 is 5.82 Å². The van der Waals surface area contributed by atoms with Gasteiger partial charge in [0.15, 0.2) is 0 Å². The van der Waals surface area contributed by atoms with E-state index in [9.17, 15) is 5.11 Å². The van der Waals surface area contributed by atoms with Crippen LogP contribution in [0.5, 0.6) is 0 Å². The Morgan fingerprint density at radius 1 is 1.16 bits per heavy atom. The number of aliphatic hydroxyl groups is 1. The molecular formula is C16H24N2O. The third-order valence-electron chi connectivity index (χ3n) is 5.07. The van der Waals surface area contributed by atoms with Crippen LogP contribution in [0.1, 0.15) is 57.1 Å².